The Bertz CT molecular complexity index is 499. The van der Waals surface area contributed by atoms with Crippen LogP contribution in [0.3, 0.4) is 0 Å². The summed E-state index contributed by atoms with van der Waals surface area (Å²) in [6, 6.07) is 3.23. The van der Waals surface area contributed by atoms with E-state index in [2.05, 4.69) is 26.8 Å². The first-order valence-electron chi connectivity index (χ1n) is 11.4. The predicted octanol–water partition coefficient (Wildman–Crippen LogP) is 7.89. The van der Waals surface area contributed by atoms with Crippen LogP contribution < -0.4 is 0 Å². The predicted molar refractivity (Wildman–Crippen MR) is 117 cm³/mol. The second-order valence-corrected chi connectivity index (χ2v) is 8.00. The normalized spacial score (nSPS) is 13.2. The Morgan fingerprint density at radius 3 is 1.85 bits per heavy atom. The fourth-order valence-corrected chi connectivity index (χ4v) is 3.82. The summed E-state index contributed by atoms with van der Waals surface area (Å²) < 4.78 is 1.69. The summed E-state index contributed by atoms with van der Waals surface area (Å²) in [4.78, 5) is 0. The lowest BCUT2D eigenvalue weighted by molar-refractivity contribution is 0.336. The van der Waals surface area contributed by atoms with Crippen LogP contribution in [0, 0.1) is 0 Å². The van der Waals surface area contributed by atoms with Gasteiger partial charge in [0.15, 0.2) is 11.8 Å². The van der Waals surface area contributed by atoms with Crippen LogP contribution in [0.25, 0.3) is 0 Å². The molecule has 3 heteroatoms. The van der Waals surface area contributed by atoms with Gasteiger partial charge in [-0.15, -0.1) is 0 Å². The zero-order chi connectivity index (χ0) is 19.9. The SMILES string of the molecule is CCCCCC=C(C)C(CCCCCCCCCCC)n1c(O)ccc1O. The van der Waals surface area contributed by atoms with Crippen LogP contribution in [0.2, 0.25) is 0 Å². The van der Waals surface area contributed by atoms with Gasteiger partial charge in [0.25, 0.3) is 0 Å². The highest BCUT2D eigenvalue weighted by molar-refractivity contribution is 5.28. The van der Waals surface area contributed by atoms with Crippen LogP contribution in [-0.2, 0) is 0 Å². The average molecular weight is 378 g/mol. The Morgan fingerprint density at radius 1 is 0.815 bits per heavy atom. The first kappa shape index (κ1) is 23.7. The molecular formula is C24H43NO2. The number of unbranched alkanes of at least 4 members (excludes halogenated alkanes) is 11. The van der Waals surface area contributed by atoms with E-state index in [0.717, 1.165) is 19.3 Å². The van der Waals surface area contributed by atoms with E-state index in [1.807, 2.05) is 0 Å². The maximum atomic E-state index is 10.2. The van der Waals surface area contributed by atoms with Crippen LogP contribution in [0.4, 0.5) is 0 Å². The standard InChI is InChI=1S/C24H43NO2/c1-4-6-8-10-11-12-13-14-16-18-22(21(3)17-15-9-7-5-2)25-23(26)19-20-24(25)27/h17,19-20,22,26-27H,4-16,18H2,1-3H3. The van der Waals surface area contributed by atoms with Crippen molar-refractivity contribution in [3.05, 3.63) is 23.8 Å². The molecule has 3 nitrogen and oxygen atoms in total. The quantitative estimate of drug-likeness (QED) is 0.227. The van der Waals surface area contributed by atoms with Gasteiger partial charge in [0.1, 0.15) is 0 Å². The van der Waals surface area contributed by atoms with E-state index in [-0.39, 0.29) is 17.8 Å². The fraction of sp³-hybridized carbons (Fsp3) is 0.750. The summed E-state index contributed by atoms with van der Waals surface area (Å²) in [7, 11) is 0. The number of hydrogen-bond donors (Lipinski definition) is 2. The second-order valence-electron chi connectivity index (χ2n) is 8.00. The average Bonchev–Trinajstić information content (AvgIpc) is 2.99. The van der Waals surface area contributed by atoms with Crippen LogP contribution in [0.1, 0.15) is 117 Å². The van der Waals surface area contributed by atoms with E-state index < -0.39 is 0 Å². The minimum atomic E-state index is 0.0613. The summed E-state index contributed by atoms with van der Waals surface area (Å²) in [5.74, 6) is 0.324. The molecule has 1 aromatic rings. The minimum absolute atomic E-state index is 0.0613. The van der Waals surface area contributed by atoms with Crippen LogP contribution in [-0.4, -0.2) is 14.8 Å². The topological polar surface area (TPSA) is 45.4 Å². The van der Waals surface area contributed by atoms with E-state index in [4.69, 9.17) is 0 Å². The molecule has 0 saturated carbocycles. The third-order valence-corrected chi connectivity index (χ3v) is 5.57. The number of allylic oxidation sites excluding steroid dienone is 2. The van der Waals surface area contributed by atoms with Crippen molar-refractivity contribution in [1.29, 1.82) is 0 Å². The summed E-state index contributed by atoms with van der Waals surface area (Å²) in [6.07, 6.45) is 19.8. The largest absolute Gasteiger partial charge is 0.494 e. The Morgan fingerprint density at radius 2 is 1.30 bits per heavy atom. The van der Waals surface area contributed by atoms with Crippen molar-refractivity contribution in [2.75, 3.05) is 0 Å². The van der Waals surface area contributed by atoms with Gasteiger partial charge in [-0.3, -0.25) is 4.57 Å². The summed E-state index contributed by atoms with van der Waals surface area (Å²) in [5.41, 5.74) is 1.26. The molecule has 0 aliphatic heterocycles. The van der Waals surface area contributed by atoms with Gasteiger partial charge in [-0.05, 0) is 26.2 Å². The van der Waals surface area contributed by atoms with Gasteiger partial charge in [0, 0.05) is 12.1 Å². The van der Waals surface area contributed by atoms with Gasteiger partial charge in [0.05, 0.1) is 6.04 Å². The van der Waals surface area contributed by atoms with Crippen molar-refractivity contribution in [1.82, 2.24) is 4.57 Å². The van der Waals surface area contributed by atoms with Crippen LogP contribution in [0.5, 0.6) is 11.8 Å². The van der Waals surface area contributed by atoms with Gasteiger partial charge >= 0.3 is 0 Å². The molecule has 1 atom stereocenters. The molecule has 0 aliphatic carbocycles. The van der Waals surface area contributed by atoms with Gasteiger partial charge in [0.2, 0.25) is 0 Å². The minimum Gasteiger partial charge on any atom is -0.494 e. The molecule has 0 saturated heterocycles. The summed E-state index contributed by atoms with van der Waals surface area (Å²) in [5, 5.41) is 20.4. The number of aromatic nitrogens is 1. The van der Waals surface area contributed by atoms with E-state index in [0.29, 0.717) is 0 Å². The summed E-state index contributed by atoms with van der Waals surface area (Å²) in [6.45, 7) is 6.62. The van der Waals surface area contributed by atoms with Crippen molar-refractivity contribution in [3.63, 3.8) is 0 Å². The lowest BCUT2D eigenvalue weighted by Gasteiger charge is -2.22. The van der Waals surface area contributed by atoms with Crippen LogP contribution in [0.15, 0.2) is 23.8 Å². The lowest BCUT2D eigenvalue weighted by atomic mass is 9.98. The molecule has 1 aromatic heterocycles. The third kappa shape index (κ3) is 9.39. The van der Waals surface area contributed by atoms with Crippen molar-refractivity contribution in [3.8, 4) is 11.8 Å². The molecule has 0 radical (unpaired) electrons. The van der Waals surface area contributed by atoms with Crippen molar-refractivity contribution >= 4 is 0 Å². The molecular weight excluding hydrogens is 334 g/mol. The number of nitrogens with zero attached hydrogens (tertiary/aromatic N) is 1. The molecule has 0 spiro atoms. The maximum absolute atomic E-state index is 10.2. The molecule has 156 valence electrons. The van der Waals surface area contributed by atoms with E-state index >= 15 is 0 Å². The zero-order valence-electron chi connectivity index (χ0n) is 18.1. The molecule has 0 fully saturated rings. The van der Waals surface area contributed by atoms with E-state index in [1.165, 1.54) is 76.2 Å². The number of rotatable bonds is 16. The smallest absolute Gasteiger partial charge is 0.194 e. The molecule has 1 unspecified atom stereocenters. The lowest BCUT2D eigenvalue weighted by Crippen LogP contribution is -2.10. The summed E-state index contributed by atoms with van der Waals surface area (Å²) >= 11 is 0. The Labute approximate surface area is 167 Å². The fourth-order valence-electron chi connectivity index (χ4n) is 3.82. The molecule has 0 bridgehead atoms. The van der Waals surface area contributed by atoms with Crippen molar-refractivity contribution in [2.24, 2.45) is 0 Å². The highest BCUT2D eigenvalue weighted by Gasteiger charge is 2.18. The second kappa shape index (κ2) is 14.6. The van der Waals surface area contributed by atoms with E-state index in [1.54, 1.807) is 16.7 Å². The maximum Gasteiger partial charge on any atom is 0.194 e. The molecule has 0 amide bonds. The van der Waals surface area contributed by atoms with Gasteiger partial charge in [-0.1, -0.05) is 96.1 Å². The highest BCUT2D eigenvalue weighted by atomic mass is 16.3. The first-order valence-corrected chi connectivity index (χ1v) is 11.4. The number of aromatic hydroxyl groups is 2. The molecule has 0 aromatic carbocycles. The van der Waals surface area contributed by atoms with Crippen molar-refractivity contribution in [2.45, 2.75) is 117 Å². The molecule has 2 N–H and O–H groups in total. The molecule has 27 heavy (non-hydrogen) atoms. The third-order valence-electron chi connectivity index (χ3n) is 5.57. The monoisotopic (exact) mass is 377 g/mol. The first-order chi connectivity index (χ1) is 13.1. The Kier molecular flexibility index (Phi) is 12.8. The van der Waals surface area contributed by atoms with Gasteiger partial charge in [-0.25, -0.2) is 0 Å². The Balaban J connectivity index is 2.48. The Hall–Kier alpha value is -1.38. The highest BCUT2D eigenvalue weighted by Crippen LogP contribution is 2.34. The van der Waals surface area contributed by atoms with Gasteiger partial charge < -0.3 is 10.2 Å². The molecule has 1 rings (SSSR count). The van der Waals surface area contributed by atoms with E-state index in [9.17, 15) is 10.2 Å². The molecule has 1 heterocycles. The van der Waals surface area contributed by atoms with Crippen molar-refractivity contribution < 1.29 is 10.2 Å². The molecule has 0 aliphatic rings. The van der Waals surface area contributed by atoms with Gasteiger partial charge in [-0.2, -0.15) is 0 Å². The van der Waals surface area contributed by atoms with Crippen LogP contribution >= 0.6 is 0 Å². The number of hydrogen-bond acceptors (Lipinski definition) is 2. The zero-order valence-corrected chi connectivity index (χ0v) is 18.1.